The zero-order chi connectivity index (χ0) is 8.06. The van der Waals surface area contributed by atoms with Gasteiger partial charge >= 0.3 is 0 Å². The Kier molecular flexibility index (Phi) is 1.35. The molecule has 1 fully saturated rings. The van der Waals surface area contributed by atoms with Gasteiger partial charge in [-0.05, 0) is 23.8 Å². The molecule has 11 heavy (non-hydrogen) atoms. The van der Waals surface area contributed by atoms with Crippen molar-refractivity contribution < 1.29 is 9.50 Å². The van der Waals surface area contributed by atoms with Crippen molar-refractivity contribution in [2.45, 2.75) is 18.9 Å². The molecule has 2 unspecified atom stereocenters. The maximum absolute atomic E-state index is 12.9. The van der Waals surface area contributed by atoms with E-state index in [0.29, 0.717) is 11.3 Å². The minimum Gasteiger partial charge on any atom is -0.384 e. The van der Waals surface area contributed by atoms with Crippen molar-refractivity contribution in [3.63, 3.8) is 0 Å². The topological polar surface area (TPSA) is 20.2 Å². The summed E-state index contributed by atoms with van der Waals surface area (Å²) in [6, 6.07) is 1.41. The van der Waals surface area contributed by atoms with E-state index in [-0.39, 0.29) is 11.7 Å². The molecule has 1 N–H and O–H groups in total. The molecule has 1 aliphatic carbocycles. The van der Waals surface area contributed by atoms with Gasteiger partial charge in [-0.3, -0.25) is 0 Å². The predicted molar refractivity (Wildman–Crippen MR) is 42.0 cm³/mol. The van der Waals surface area contributed by atoms with E-state index in [9.17, 15) is 9.50 Å². The van der Waals surface area contributed by atoms with E-state index in [2.05, 4.69) is 0 Å². The van der Waals surface area contributed by atoms with Crippen LogP contribution in [0, 0.1) is 11.7 Å². The molecule has 1 nitrogen and oxygen atoms in total. The number of aliphatic hydroxyl groups is 1. The first-order valence-electron chi connectivity index (χ1n) is 3.60. The Morgan fingerprint density at radius 2 is 2.45 bits per heavy atom. The van der Waals surface area contributed by atoms with Crippen LogP contribution in [0.15, 0.2) is 11.4 Å². The van der Waals surface area contributed by atoms with Crippen LogP contribution in [0.1, 0.15) is 18.2 Å². The van der Waals surface area contributed by atoms with E-state index in [0.717, 1.165) is 0 Å². The summed E-state index contributed by atoms with van der Waals surface area (Å²) in [5, 5.41) is 11.4. The molecule has 1 aliphatic rings. The number of thiophene rings is 1. The first-order chi connectivity index (χ1) is 5.14. The minimum absolute atomic E-state index is 0.218. The number of hydrogen-bond donors (Lipinski definition) is 1. The Hall–Kier alpha value is -0.410. The normalized spacial score (nSPS) is 35.7. The average Bonchev–Trinajstić information content (AvgIpc) is 2.43. The lowest BCUT2D eigenvalue weighted by molar-refractivity contribution is 0.134. The van der Waals surface area contributed by atoms with Gasteiger partial charge in [-0.25, -0.2) is 4.39 Å². The molecule has 0 amide bonds. The summed E-state index contributed by atoms with van der Waals surface area (Å²) in [5.74, 6) is -0.0440. The molecule has 0 saturated heterocycles. The predicted octanol–water partition coefficient (Wildman–Crippen LogP) is 2.11. The molecule has 0 radical (unpaired) electrons. The molecule has 60 valence electrons. The average molecular weight is 172 g/mol. The van der Waals surface area contributed by atoms with Gasteiger partial charge in [-0.2, -0.15) is 0 Å². The molecule has 0 spiro atoms. The Balaban J connectivity index is 2.37. The van der Waals surface area contributed by atoms with E-state index in [1.54, 1.807) is 5.38 Å². The molecule has 1 heterocycles. The Bertz CT molecular complexity index is 283. The highest BCUT2D eigenvalue weighted by Crippen LogP contribution is 2.53. The molecule has 2 atom stereocenters. The SMILES string of the molecule is CC1CC1(O)c1sccc1F. The zero-order valence-corrected chi connectivity index (χ0v) is 6.99. The Morgan fingerprint density at radius 3 is 2.82 bits per heavy atom. The maximum Gasteiger partial charge on any atom is 0.140 e. The molecular weight excluding hydrogens is 163 g/mol. The summed E-state index contributed by atoms with van der Waals surface area (Å²) in [7, 11) is 0. The first-order valence-corrected chi connectivity index (χ1v) is 4.48. The van der Waals surface area contributed by atoms with Crippen LogP contribution in [-0.4, -0.2) is 5.11 Å². The van der Waals surface area contributed by atoms with Crippen LogP contribution in [0.4, 0.5) is 4.39 Å². The fraction of sp³-hybridized carbons (Fsp3) is 0.500. The summed E-state index contributed by atoms with van der Waals surface area (Å²) in [6.07, 6.45) is 0.699. The van der Waals surface area contributed by atoms with E-state index < -0.39 is 5.60 Å². The van der Waals surface area contributed by atoms with Gasteiger partial charge in [0.15, 0.2) is 0 Å². The summed E-state index contributed by atoms with van der Waals surface area (Å²) in [6.45, 7) is 1.93. The van der Waals surface area contributed by atoms with Gasteiger partial charge in [0.25, 0.3) is 0 Å². The fourth-order valence-electron chi connectivity index (χ4n) is 1.33. The van der Waals surface area contributed by atoms with Crippen LogP contribution in [0.25, 0.3) is 0 Å². The van der Waals surface area contributed by atoms with Crippen LogP contribution < -0.4 is 0 Å². The van der Waals surface area contributed by atoms with Crippen molar-refractivity contribution in [1.82, 2.24) is 0 Å². The quantitative estimate of drug-likeness (QED) is 0.688. The fourth-order valence-corrected chi connectivity index (χ4v) is 2.32. The van der Waals surface area contributed by atoms with E-state index in [1.165, 1.54) is 17.4 Å². The van der Waals surface area contributed by atoms with Gasteiger partial charge in [-0.15, -0.1) is 11.3 Å². The summed E-state index contributed by atoms with van der Waals surface area (Å²) >= 11 is 1.30. The molecule has 0 aromatic carbocycles. The van der Waals surface area contributed by atoms with Crippen LogP contribution >= 0.6 is 11.3 Å². The van der Waals surface area contributed by atoms with Gasteiger partial charge in [0, 0.05) is 0 Å². The van der Waals surface area contributed by atoms with Crippen LogP contribution in [0.2, 0.25) is 0 Å². The summed E-state index contributed by atoms with van der Waals surface area (Å²) in [5.41, 5.74) is -0.835. The second kappa shape index (κ2) is 2.05. The Labute approximate surface area is 68.5 Å². The molecule has 0 aliphatic heterocycles. The largest absolute Gasteiger partial charge is 0.384 e. The molecular formula is C8H9FOS. The van der Waals surface area contributed by atoms with Crippen molar-refractivity contribution in [2.24, 2.45) is 5.92 Å². The summed E-state index contributed by atoms with van der Waals surface area (Å²) in [4.78, 5) is 0.505. The minimum atomic E-state index is -0.835. The lowest BCUT2D eigenvalue weighted by atomic mass is 10.2. The van der Waals surface area contributed by atoms with Crippen molar-refractivity contribution in [3.05, 3.63) is 22.1 Å². The van der Waals surface area contributed by atoms with Crippen molar-refractivity contribution in [2.75, 3.05) is 0 Å². The van der Waals surface area contributed by atoms with Gasteiger partial charge in [-0.1, -0.05) is 6.92 Å². The first kappa shape index (κ1) is 7.25. The molecule has 1 saturated carbocycles. The number of rotatable bonds is 1. The number of halogens is 1. The standard InChI is InChI=1S/C8H9FOS/c1-5-4-8(5,10)7-6(9)2-3-11-7/h2-3,5,10H,4H2,1H3. The molecule has 0 bridgehead atoms. The second-order valence-corrected chi connectivity index (χ2v) is 4.04. The zero-order valence-electron chi connectivity index (χ0n) is 6.17. The van der Waals surface area contributed by atoms with E-state index >= 15 is 0 Å². The van der Waals surface area contributed by atoms with Crippen molar-refractivity contribution in [3.8, 4) is 0 Å². The van der Waals surface area contributed by atoms with E-state index in [1.807, 2.05) is 6.92 Å². The van der Waals surface area contributed by atoms with E-state index in [4.69, 9.17) is 0 Å². The summed E-state index contributed by atoms with van der Waals surface area (Å²) < 4.78 is 12.9. The molecule has 1 aromatic heterocycles. The van der Waals surface area contributed by atoms with Gasteiger partial charge in [0.2, 0.25) is 0 Å². The lowest BCUT2D eigenvalue weighted by Gasteiger charge is -2.04. The third-order valence-corrected chi connectivity index (χ3v) is 3.34. The van der Waals surface area contributed by atoms with Crippen molar-refractivity contribution in [1.29, 1.82) is 0 Å². The molecule has 2 rings (SSSR count). The van der Waals surface area contributed by atoms with Gasteiger partial charge < -0.3 is 5.11 Å². The van der Waals surface area contributed by atoms with Gasteiger partial charge in [0.05, 0.1) is 4.88 Å². The Morgan fingerprint density at radius 1 is 1.82 bits per heavy atom. The van der Waals surface area contributed by atoms with Gasteiger partial charge in [0.1, 0.15) is 11.4 Å². The highest BCUT2D eigenvalue weighted by Gasteiger charge is 2.53. The maximum atomic E-state index is 12.9. The highest BCUT2D eigenvalue weighted by molar-refractivity contribution is 7.10. The van der Waals surface area contributed by atoms with Crippen LogP contribution in [-0.2, 0) is 5.60 Å². The smallest absolute Gasteiger partial charge is 0.140 e. The van der Waals surface area contributed by atoms with Crippen LogP contribution in [0.5, 0.6) is 0 Å². The van der Waals surface area contributed by atoms with Crippen LogP contribution in [0.3, 0.4) is 0 Å². The third kappa shape index (κ3) is 0.914. The molecule has 1 aromatic rings. The molecule has 3 heteroatoms. The second-order valence-electron chi connectivity index (χ2n) is 3.13. The highest BCUT2D eigenvalue weighted by atomic mass is 32.1. The van der Waals surface area contributed by atoms with Crippen molar-refractivity contribution >= 4 is 11.3 Å². The lowest BCUT2D eigenvalue weighted by Crippen LogP contribution is -2.06. The third-order valence-electron chi connectivity index (χ3n) is 2.28. The number of hydrogen-bond acceptors (Lipinski definition) is 2. The monoisotopic (exact) mass is 172 g/mol.